The van der Waals surface area contributed by atoms with Gasteiger partial charge in [0.1, 0.15) is 11.4 Å². The minimum Gasteiger partial charge on any atom is -0.497 e. The Bertz CT molecular complexity index is 893. The van der Waals surface area contributed by atoms with Gasteiger partial charge in [-0.2, -0.15) is 0 Å². The van der Waals surface area contributed by atoms with E-state index in [0.717, 1.165) is 40.0 Å². The Labute approximate surface area is 133 Å². The summed E-state index contributed by atoms with van der Waals surface area (Å²) in [6, 6.07) is 11.5. The van der Waals surface area contributed by atoms with E-state index >= 15 is 0 Å². The quantitative estimate of drug-likeness (QED) is 0.750. The average molecular weight is 308 g/mol. The number of aryl methyl sites for hydroxylation is 1. The number of carboxylic acids is 1. The molecule has 5 heteroatoms. The lowest BCUT2D eigenvalue weighted by Gasteiger charge is -2.03. The van der Waals surface area contributed by atoms with Crippen LogP contribution in [-0.2, 0) is 4.79 Å². The molecule has 0 saturated heterocycles. The molecule has 5 nitrogen and oxygen atoms in total. The molecule has 0 saturated carbocycles. The second-order valence-corrected chi connectivity index (χ2v) is 5.18. The third-order valence-electron chi connectivity index (χ3n) is 3.57. The highest BCUT2D eigenvalue weighted by molar-refractivity contribution is 5.87. The van der Waals surface area contributed by atoms with Gasteiger partial charge in [-0.25, -0.2) is 9.78 Å². The Kier molecular flexibility index (Phi) is 3.85. The lowest BCUT2D eigenvalue weighted by molar-refractivity contribution is -0.131. The van der Waals surface area contributed by atoms with Crippen molar-refractivity contribution in [3.05, 3.63) is 59.9 Å². The van der Waals surface area contributed by atoms with Crippen molar-refractivity contribution < 1.29 is 14.6 Å². The van der Waals surface area contributed by atoms with E-state index in [4.69, 9.17) is 9.84 Å². The van der Waals surface area contributed by atoms with Crippen LogP contribution in [0.4, 0.5) is 0 Å². The lowest BCUT2D eigenvalue weighted by Crippen LogP contribution is -1.91. The van der Waals surface area contributed by atoms with Crippen LogP contribution >= 0.6 is 0 Å². The van der Waals surface area contributed by atoms with Crippen LogP contribution in [0.25, 0.3) is 23.0 Å². The molecule has 0 unspecified atom stereocenters. The number of methoxy groups -OCH3 is 1. The van der Waals surface area contributed by atoms with Gasteiger partial charge in [-0.05, 0) is 55.0 Å². The second-order valence-electron chi connectivity index (χ2n) is 5.18. The zero-order valence-electron chi connectivity index (χ0n) is 12.9. The van der Waals surface area contributed by atoms with Gasteiger partial charge in [0.05, 0.1) is 18.5 Å². The van der Waals surface area contributed by atoms with E-state index in [2.05, 4.69) is 4.98 Å². The molecule has 0 spiro atoms. The van der Waals surface area contributed by atoms with Crippen LogP contribution in [-0.4, -0.2) is 27.6 Å². The van der Waals surface area contributed by atoms with Crippen LogP contribution in [0.5, 0.6) is 5.75 Å². The number of rotatable bonds is 4. The van der Waals surface area contributed by atoms with Crippen LogP contribution in [0.1, 0.15) is 11.3 Å². The van der Waals surface area contributed by atoms with Gasteiger partial charge in [0.25, 0.3) is 0 Å². The van der Waals surface area contributed by atoms with Crippen molar-refractivity contribution in [3.63, 3.8) is 0 Å². The van der Waals surface area contributed by atoms with E-state index < -0.39 is 5.97 Å². The molecule has 23 heavy (non-hydrogen) atoms. The number of benzene rings is 1. The van der Waals surface area contributed by atoms with Gasteiger partial charge in [0, 0.05) is 17.8 Å². The minimum absolute atomic E-state index is 0.729. The smallest absolute Gasteiger partial charge is 0.328 e. The van der Waals surface area contributed by atoms with Crippen LogP contribution < -0.4 is 4.74 Å². The molecule has 0 radical (unpaired) electrons. The van der Waals surface area contributed by atoms with E-state index in [1.165, 1.54) is 0 Å². The van der Waals surface area contributed by atoms with Gasteiger partial charge >= 0.3 is 5.97 Å². The van der Waals surface area contributed by atoms with Crippen molar-refractivity contribution in [2.75, 3.05) is 7.11 Å². The summed E-state index contributed by atoms with van der Waals surface area (Å²) in [6.45, 7) is 1.99. The molecule has 3 aromatic rings. The summed E-state index contributed by atoms with van der Waals surface area (Å²) < 4.78 is 7.05. The fraction of sp³-hybridized carbons (Fsp3) is 0.111. The van der Waals surface area contributed by atoms with E-state index in [9.17, 15) is 4.79 Å². The largest absolute Gasteiger partial charge is 0.497 e. The van der Waals surface area contributed by atoms with Gasteiger partial charge in [-0.15, -0.1) is 0 Å². The number of nitrogens with zero attached hydrogens (tertiary/aromatic N) is 2. The molecule has 3 rings (SSSR count). The molecule has 0 aliphatic rings. The van der Waals surface area contributed by atoms with Crippen molar-refractivity contribution in [2.45, 2.75) is 6.92 Å². The first-order valence-electron chi connectivity index (χ1n) is 7.12. The third kappa shape index (κ3) is 2.94. The summed E-state index contributed by atoms with van der Waals surface area (Å²) in [7, 11) is 1.61. The first kappa shape index (κ1) is 14.8. The Hall–Kier alpha value is -3.08. The summed E-state index contributed by atoms with van der Waals surface area (Å²) in [4.78, 5) is 15.5. The number of pyridine rings is 1. The molecule has 116 valence electrons. The van der Waals surface area contributed by atoms with Crippen LogP contribution in [0, 0.1) is 6.92 Å². The number of hydrogen-bond acceptors (Lipinski definition) is 3. The predicted octanol–water partition coefficient (Wildman–Crippen LogP) is 3.42. The number of imidazole rings is 1. The monoisotopic (exact) mass is 308 g/mol. The van der Waals surface area contributed by atoms with Crippen molar-refractivity contribution in [1.82, 2.24) is 9.38 Å². The van der Waals surface area contributed by atoms with Crippen LogP contribution in [0.2, 0.25) is 0 Å². The Balaban J connectivity index is 2.20. The lowest BCUT2D eigenvalue weighted by atomic mass is 10.1. The highest BCUT2D eigenvalue weighted by atomic mass is 16.5. The zero-order chi connectivity index (χ0) is 16.4. The number of ether oxygens (including phenoxy) is 1. The molecule has 2 aromatic heterocycles. The first-order valence-corrected chi connectivity index (χ1v) is 7.12. The maximum atomic E-state index is 10.9. The van der Waals surface area contributed by atoms with Crippen molar-refractivity contribution in [3.8, 4) is 17.0 Å². The number of carbonyl (C=O) groups is 1. The molecule has 0 atom stereocenters. The maximum Gasteiger partial charge on any atom is 0.328 e. The number of carboxylic acid groups (broad SMARTS) is 1. The average Bonchev–Trinajstić information content (AvgIpc) is 2.90. The van der Waals surface area contributed by atoms with Crippen molar-refractivity contribution >= 4 is 17.7 Å². The topological polar surface area (TPSA) is 63.8 Å². The number of fused-ring (bicyclic) bond motifs is 1. The van der Waals surface area contributed by atoms with E-state index in [-0.39, 0.29) is 0 Å². The summed E-state index contributed by atoms with van der Waals surface area (Å²) in [5.74, 6) is -0.233. The fourth-order valence-electron chi connectivity index (χ4n) is 2.44. The summed E-state index contributed by atoms with van der Waals surface area (Å²) in [6.07, 6.45) is 4.58. The number of aromatic nitrogens is 2. The molecule has 0 aliphatic heterocycles. The Morgan fingerprint density at radius 3 is 2.65 bits per heavy atom. The number of aliphatic carboxylic acids is 1. The fourth-order valence-corrected chi connectivity index (χ4v) is 2.44. The normalized spacial score (nSPS) is 11.2. The maximum absolute atomic E-state index is 10.9. The molecular weight excluding hydrogens is 292 g/mol. The standard InChI is InChI=1S/C18H16N2O3/c1-12-9-10-20-15(7-8-17(21)22)18(19-16(20)11-12)13-3-5-14(23-2)6-4-13/h3-11H,1-2H3,(H,21,22). The van der Waals surface area contributed by atoms with Crippen LogP contribution in [0.15, 0.2) is 48.7 Å². The third-order valence-corrected chi connectivity index (χ3v) is 3.57. The van der Waals surface area contributed by atoms with Gasteiger partial charge < -0.3 is 9.84 Å². The molecule has 2 heterocycles. The van der Waals surface area contributed by atoms with E-state index in [1.807, 2.05) is 53.9 Å². The predicted molar refractivity (Wildman–Crippen MR) is 88.6 cm³/mol. The molecule has 1 aromatic carbocycles. The first-order chi connectivity index (χ1) is 11.1. The zero-order valence-corrected chi connectivity index (χ0v) is 12.9. The molecule has 0 fully saturated rings. The van der Waals surface area contributed by atoms with Crippen LogP contribution in [0.3, 0.4) is 0 Å². The molecular formula is C18H16N2O3. The van der Waals surface area contributed by atoms with Crippen molar-refractivity contribution in [1.29, 1.82) is 0 Å². The highest BCUT2D eigenvalue weighted by Crippen LogP contribution is 2.27. The number of hydrogen-bond donors (Lipinski definition) is 1. The second kappa shape index (κ2) is 5.96. The summed E-state index contributed by atoms with van der Waals surface area (Å²) in [5.41, 5.74) is 4.24. The molecule has 0 bridgehead atoms. The molecule has 0 amide bonds. The van der Waals surface area contributed by atoms with Gasteiger partial charge in [0.15, 0.2) is 0 Å². The van der Waals surface area contributed by atoms with E-state index in [1.54, 1.807) is 13.2 Å². The van der Waals surface area contributed by atoms with Gasteiger partial charge in [0.2, 0.25) is 0 Å². The van der Waals surface area contributed by atoms with Gasteiger partial charge in [-0.1, -0.05) is 0 Å². The summed E-state index contributed by atoms with van der Waals surface area (Å²) >= 11 is 0. The SMILES string of the molecule is COc1ccc(-c2nc3cc(C)ccn3c2C=CC(=O)O)cc1. The summed E-state index contributed by atoms with van der Waals surface area (Å²) in [5, 5.41) is 8.93. The Morgan fingerprint density at radius 1 is 1.26 bits per heavy atom. The van der Waals surface area contributed by atoms with Crippen molar-refractivity contribution in [2.24, 2.45) is 0 Å². The highest BCUT2D eigenvalue weighted by Gasteiger charge is 2.12. The molecule has 0 aliphatic carbocycles. The molecule has 1 N–H and O–H groups in total. The van der Waals surface area contributed by atoms with Gasteiger partial charge in [-0.3, -0.25) is 4.40 Å². The Morgan fingerprint density at radius 2 is 2.00 bits per heavy atom. The van der Waals surface area contributed by atoms with E-state index in [0.29, 0.717) is 0 Å². The minimum atomic E-state index is -0.993.